The Bertz CT molecular complexity index is 380. The minimum Gasteiger partial charge on any atom is -0.457 e. The average Bonchev–Trinajstić information content (AvgIpc) is 2.29. The van der Waals surface area contributed by atoms with Crippen molar-refractivity contribution in [2.45, 2.75) is 57.9 Å². The molecule has 0 aliphatic rings. The van der Waals surface area contributed by atoms with Gasteiger partial charge in [0, 0.05) is 5.02 Å². The third-order valence-corrected chi connectivity index (χ3v) is 12.6. The molecule has 0 saturated heterocycles. The number of halogens is 1. The van der Waals surface area contributed by atoms with Crippen molar-refractivity contribution in [3.8, 4) is 0 Å². The summed E-state index contributed by atoms with van der Waals surface area (Å²) in [5, 5.41) is 0.810. The van der Waals surface area contributed by atoms with E-state index in [1.807, 2.05) is 12.1 Å². The summed E-state index contributed by atoms with van der Waals surface area (Å²) in [7, 11) is -2.78. The van der Waals surface area contributed by atoms with Crippen LogP contribution in [-0.2, 0) is 10.2 Å². The fourth-order valence-electron chi connectivity index (χ4n) is 2.75. The minimum absolute atomic E-state index is 0.637. The molecule has 0 aliphatic carbocycles. The van der Waals surface area contributed by atoms with Gasteiger partial charge in [-0.25, -0.2) is 0 Å². The highest BCUT2D eigenvalue weighted by Gasteiger charge is 2.42. The monoisotopic (exact) mass is 314 g/mol. The van der Waals surface area contributed by atoms with Crippen LogP contribution in [0, 0.1) is 0 Å². The molecule has 0 bridgehead atoms. The standard InChI is InChI=1S/C15H27ClOSi2/c1-12(2)19(13(3)4,17-18(5)6)11-14-7-9-15(16)10-8-14/h7-10,12-13,18H,11H2,1-6H3. The van der Waals surface area contributed by atoms with Gasteiger partial charge in [0.15, 0.2) is 17.4 Å². The van der Waals surface area contributed by atoms with Gasteiger partial charge in [-0.2, -0.15) is 0 Å². The molecule has 108 valence electrons. The van der Waals surface area contributed by atoms with Gasteiger partial charge in [0.25, 0.3) is 0 Å². The molecule has 1 nitrogen and oxygen atoms in total. The van der Waals surface area contributed by atoms with Gasteiger partial charge < -0.3 is 4.12 Å². The van der Waals surface area contributed by atoms with E-state index in [1.54, 1.807) is 0 Å². The first kappa shape index (κ1) is 17.0. The summed E-state index contributed by atoms with van der Waals surface area (Å²) in [6.45, 7) is 13.9. The zero-order valence-electron chi connectivity index (χ0n) is 13.0. The van der Waals surface area contributed by atoms with Crippen LogP contribution in [0.15, 0.2) is 24.3 Å². The Kier molecular flexibility index (Phi) is 6.31. The molecule has 0 fully saturated rings. The molecule has 0 aliphatic heterocycles. The number of benzene rings is 1. The van der Waals surface area contributed by atoms with Crippen LogP contribution >= 0.6 is 11.6 Å². The summed E-state index contributed by atoms with van der Waals surface area (Å²) >= 11 is 5.98. The average molecular weight is 315 g/mol. The quantitative estimate of drug-likeness (QED) is 0.657. The molecule has 0 saturated carbocycles. The van der Waals surface area contributed by atoms with Crippen molar-refractivity contribution in [2.24, 2.45) is 0 Å². The fourth-order valence-corrected chi connectivity index (χ4v) is 11.9. The lowest BCUT2D eigenvalue weighted by Gasteiger charge is -2.41. The predicted octanol–water partition coefficient (Wildman–Crippen LogP) is 5.19. The summed E-state index contributed by atoms with van der Waals surface area (Å²) < 4.78 is 6.64. The number of hydrogen-bond acceptors (Lipinski definition) is 1. The van der Waals surface area contributed by atoms with Crippen LogP contribution in [0.3, 0.4) is 0 Å². The smallest absolute Gasteiger partial charge is 0.189 e. The first-order valence-corrected chi connectivity index (χ1v) is 12.6. The summed E-state index contributed by atoms with van der Waals surface area (Å²) in [5.41, 5.74) is 2.64. The molecule has 0 amide bonds. The van der Waals surface area contributed by atoms with Crippen molar-refractivity contribution < 1.29 is 4.12 Å². The lowest BCUT2D eigenvalue weighted by molar-refractivity contribution is 0.511. The van der Waals surface area contributed by atoms with E-state index in [2.05, 4.69) is 52.9 Å². The highest BCUT2D eigenvalue weighted by molar-refractivity contribution is 6.81. The van der Waals surface area contributed by atoms with Gasteiger partial charge in [0.05, 0.1) is 0 Å². The third-order valence-electron chi connectivity index (χ3n) is 3.80. The second-order valence-corrected chi connectivity index (χ2v) is 14.3. The molecule has 0 unspecified atom stereocenters. The van der Waals surface area contributed by atoms with Crippen molar-refractivity contribution in [3.63, 3.8) is 0 Å². The van der Waals surface area contributed by atoms with E-state index in [-0.39, 0.29) is 0 Å². The second-order valence-electron chi connectivity index (χ2n) is 6.23. The Morgan fingerprint density at radius 2 is 1.53 bits per heavy atom. The Morgan fingerprint density at radius 1 is 1.05 bits per heavy atom. The lowest BCUT2D eigenvalue weighted by Crippen LogP contribution is -2.50. The first-order chi connectivity index (χ1) is 8.78. The molecule has 19 heavy (non-hydrogen) atoms. The first-order valence-electron chi connectivity index (χ1n) is 7.20. The van der Waals surface area contributed by atoms with E-state index in [0.29, 0.717) is 11.1 Å². The molecule has 4 heteroatoms. The molecule has 0 spiro atoms. The van der Waals surface area contributed by atoms with Gasteiger partial charge in [-0.05, 0) is 47.9 Å². The van der Waals surface area contributed by atoms with Crippen LogP contribution in [-0.4, -0.2) is 17.4 Å². The van der Waals surface area contributed by atoms with Gasteiger partial charge in [-0.15, -0.1) is 0 Å². The molecule has 1 rings (SSSR count). The normalized spacial score (nSPS) is 12.7. The number of hydrogen-bond donors (Lipinski definition) is 0. The van der Waals surface area contributed by atoms with Crippen molar-refractivity contribution in [3.05, 3.63) is 34.9 Å². The van der Waals surface area contributed by atoms with E-state index in [9.17, 15) is 0 Å². The summed E-state index contributed by atoms with van der Waals surface area (Å²) in [4.78, 5) is 0. The summed E-state index contributed by atoms with van der Waals surface area (Å²) in [6, 6.07) is 9.39. The Morgan fingerprint density at radius 3 is 1.89 bits per heavy atom. The second kappa shape index (κ2) is 7.07. The van der Waals surface area contributed by atoms with Crippen molar-refractivity contribution in [1.29, 1.82) is 0 Å². The molecular weight excluding hydrogens is 288 g/mol. The van der Waals surface area contributed by atoms with Crippen molar-refractivity contribution in [1.82, 2.24) is 0 Å². The molecule has 0 N–H and O–H groups in total. The van der Waals surface area contributed by atoms with Crippen molar-refractivity contribution in [2.75, 3.05) is 0 Å². The van der Waals surface area contributed by atoms with Crippen LogP contribution in [0.5, 0.6) is 0 Å². The largest absolute Gasteiger partial charge is 0.457 e. The van der Waals surface area contributed by atoms with E-state index in [0.717, 1.165) is 11.1 Å². The molecular formula is C15H27ClOSi2. The predicted molar refractivity (Wildman–Crippen MR) is 91.1 cm³/mol. The Hall–Kier alpha value is -0.0962. The maximum Gasteiger partial charge on any atom is 0.189 e. The highest BCUT2D eigenvalue weighted by Crippen LogP contribution is 2.37. The Balaban J connectivity index is 3.05. The molecule has 0 heterocycles. The van der Waals surface area contributed by atoms with Gasteiger partial charge in [0.2, 0.25) is 0 Å². The van der Waals surface area contributed by atoms with Crippen LogP contribution < -0.4 is 0 Å². The highest BCUT2D eigenvalue weighted by atomic mass is 35.5. The van der Waals surface area contributed by atoms with Gasteiger partial charge in [-0.3, -0.25) is 0 Å². The zero-order chi connectivity index (χ0) is 14.6. The molecule has 0 aromatic heterocycles. The fraction of sp³-hybridized carbons (Fsp3) is 0.600. The molecule has 1 aromatic rings. The lowest BCUT2D eigenvalue weighted by atomic mass is 10.2. The van der Waals surface area contributed by atoms with Crippen LogP contribution in [0.1, 0.15) is 33.3 Å². The SMILES string of the molecule is CC(C)[Si](Cc1ccc(Cl)cc1)(O[SiH](C)C)C(C)C. The van der Waals surface area contributed by atoms with Crippen LogP contribution in [0.25, 0.3) is 0 Å². The molecule has 1 aromatic carbocycles. The molecule has 0 atom stereocenters. The summed E-state index contributed by atoms with van der Waals surface area (Å²) in [5.74, 6) is 0. The van der Waals surface area contributed by atoms with Gasteiger partial charge in [-0.1, -0.05) is 51.4 Å². The summed E-state index contributed by atoms with van der Waals surface area (Å²) in [6.07, 6.45) is 0. The molecule has 0 radical (unpaired) electrons. The van der Waals surface area contributed by atoms with Gasteiger partial charge >= 0.3 is 0 Å². The van der Waals surface area contributed by atoms with Crippen LogP contribution in [0.2, 0.25) is 29.2 Å². The maximum atomic E-state index is 6.64. The van der Waals surface area contributed by atoms with E-state index in [1.165, 1.54) is 5.56 Å². The minimum atomic E-state index is -1.75. The zero-order valence-corrected chi connectivity index (χ0v) is 15.9. The van der Waals surface area contributed by atoms with Crippen LogP contribution in [0.4, 0.5) is 0 Å². The van der Waals surface area contributed by atoms with E-state index < -0.39 is 17.4 Å². The maximum absolute atomic E-state index is 6.64. The van der Waals surface area contributed by atoms with Crippen molar-refractivity contribution >= 4 is 29.0 Å². The Labute approximate surface area is 126 Å². The third kappa shape index (κ3) is 4.45. The van der Waals surface area contributed by atoms with E-state index in [4.69, 9.17) is 15.7 Å². The number of rotatable bonds is 6. The van der Waals surface area contributed by atoms with Gasteiger partial charge in [0.1, 0.15) is 0 Å². The topological polar surface area (TPSA) is 9.23 Å². The van der Waals surface area contributed by atoms with E-state index >= 15 is 0 Å².